The number of rotatable bonds is 5. The molecule has 0 aliphatic heterocycles. The number of hydrogen-bond acceptors (Lipinski definition) is 3. The van der Waals surface area contributed by atoms with Crippen LogP contribution in [0.4, 0.5) is 4.39 Å². The van der Waals surface area contributed by atoms with Gasteiger partial charge in [-0.25, -0.2) is 9.87 Å². The van der Waals surface area contributed by atoms with Crippen LogP contribution in [0.15, 0.2) is 22.7 Å². The van der Waals surface area contributed by atoms with Crippen molar-refractivity contribution in [2.45, 2.75) is 6.42 Å². The van der Waals surface area contributed by atoms with Crippen molar-refractivity contribution in [3.05, 3.63) is 34.1 Å². The summed E-state index contributed by atoms with van der Waals surface area (Å²) in [5.41, 5.74) is 2.30. The smallest absolute Gasteiger partial charge is 0.252 e. The lowest BCUT2D eigenvalue weighted by atomic mass is 10.2. The molecule has 98 valence electrons. The summed E-state index contributed by atoms with van der Waals surface area (Å²) in [4.78, 5) is 27.1. The topological polar surface area (TPSA) is 67.4 Å². The lowest BCUT2D eigenvalue weighted by Crippen LogP contribution is -2.30. The van der Waals surface area contributed by atoms with E-state index in [1.165, 1.54) is 19.2 Å². The largest absolute Gasteiger partial charge is 0.351 e. The number of benzene rings is 1. The molecule has 5 nitrogen and oxygen atoms in total. The summed E-state index contributed by atoms with van der Waals surface area (Å²) in [5, 5.41) is 2.50. The summed E-state index contributed by atoms with van der Waals surface area (Å²) >= 11 is 3.15. The molecule has 1 aromatic rings. The van der Waals surface area contributed by atoms with Crippen molar-refractivity contribution in [3.63, 3.8) is 0 Å². The number of halogens is 2. The van der Waals surface area contributed by atoms with Gasteiger partial charge in [-0.05, 0) is 34.1 Å². The molecule has 0 aliphatic rings. The van der Waals surface area contributed by atoms with Crippen LogP contribution in [0.25, 0.3) is 0 Å². The van der Waals surface area contributed by atoms with Crippen molar-refractivity contribution in [1.82, 2.24) is 10.8 Å². The van der Waals surface area contributed by atoms with Gasteiger partial charge >= 0.3 is 0 Å². The first-order valence-electron chi connectivity index (χ1n) is 5.09. The van der Waals surface area contributed by atoms with E-state index < -0.39 is 11.7 Å². The molecule has 0 aliphatic carbocycles. The highest BCUT2D eigenvalue weighted by Gasteiger charge is 2.11. The molecular formula is C11H12BrFN2O3. The van der Waals surface area contributed by atoms with Crippen LogP contribution < -0.4 is 10.8 Å². The molecule has 0 unspecified atom stereocenters. The van der Waals surface area contributed by atoms with Gasteiger partial charge in [0.2, 0.25) is 5.91 Å². The van der Waals surface area contributed by atoms with E-state index in [9.17, 15) is 14.0 Å². The molecule has 0 saturated carbocycles. The van der Waals surface area contributed by atoms with Gasteiger partial charge in [0, 0.05) is 17.4 Å². The van der Waals surface area contributed by atoms with E-state index in [0.29, 0.717) is 4.47 Å². The van der Waals surface area contributed by atoms with Crippen LogP contribution in [0.5, 0.6) is 0 Å². The monoisotopic (exact) mass is 318 g/mol. The number of amides is 2. The van der Waals surface area contributed by atoms with Gasteiger partial charge in [-0.1, -0.05) is 0 Å². The molecular weight excluding hydrogens is 307 g/mol. The Hall–Kier alpha value is -1.47. The molecule has 0 saturated heterocycles. The fourth-order valence-electron chi connectivity index (χ4n) is 1.22. The van der Waals surface area contributed by atoms with Crippen LogP contribution in [-0.2, 0) is 9.63 Å². The molecule has 0 atom stereocenters. The second-order valence-corrected chi connectivity index (χ2v) is 4.21. The fraction of sp³-hybridized carbons (Fsp3) is 0.273. The zero-order chi connectivity index (χ0) is 13.5. The van der Waals surface area contributed by atoms with Crippen LogP contribution in [0.3, 0.4) is 0 Å². The van der Waals surface area contributed by atoms with Gasteiger partial charge in [0.05, 0.1) is 12.7 Å². The van der Waals surface area contributed by atoms with Crippen molar-refractivity contribution in [2.24, 2.45) is 0 Å². The first kappa shape index (κ1) is 14.6. The normalized spacial score (nSPS) is 9.94. The Morgan fingerprint density at radius 2 is 2.17 bits per heavy atom. The maximum atomic E-state index is 13.0. The van der Waals surface area contributed by atoms with E-state index in [1.54, 1.807) is 0 Å². The predicted octanol–water partition coefficient (Wildman–Crippen LogP) is 1.39. The van der Waals surface area contributed by atoms with Crippen LogP contribution in [0, 0.1) is 5.82 Å². The zero-order valence-electron chi connectivity index (χ0n) is 9.63. The molecule has 0 heterocycles. The van der Waals surface area contributed by atoms with Gasteiger partial charge in [0.25, 0.3) is 5.91 Å². The summed E-state index contributed by atoms with van der Waals surface area (Å²) in [5.74, 6) is -1.30. The maximum absolute atomic E-state index is 13.0. The van der Waals surface area contributed by atoms with Gasteiger partial charge in [-0.2, -0.15) is 0 Å². The summed E-state index contributed by atoms with van der Waals surface area (Å²) in [6, 6.07) is 3.81. The second-order valence-electron chi connectivity index (χ2n) is 3.36. The van der Waals surface area contributed by atoms with Crippen molar-refractivity contribution in [1.29, 1.82) is 0 Å². The van der Waals surface area contributed by atoms with Crippen LogP contribution in [0.2, 0.25) is 0 Å². The minimum absolute atomic E-state index is 0.0759. The van der Waals surface area contributed by atoms with E-state index in [0.717, 1.165) is 6.07 Å². The highest BCUT2D eigenvalue weighted by molar-refractivity contribution is 9.10. The minimum Gasteiger partial charge on any atom is -0.351 e. The number of hydrogen-bond donors (Lipinski definition) is 2. The summed E-state index contributed by atoms with van der Waals surface area (Å²) < 4.78 is 13.5. The first-order chi connectivity index (χ1) is 8.54. The molecule has 0 bridgehead atoms. The predicted molar refractivity (Wildman–Crippen MR) is 66.2 cm³/mol. The van der Waals surface area contributed by atoms with E-state index in [4.69, 9.17) is 0 Å². The standard InChI is InChI=1S/C11H12BrFN2O3/c1-18-15-10(16)4-5-14-11(17)8-6-7(13)2-3-9(8)12/h2-3,6H,4-5H2,1H3,(H,14,17)(H,15,16). The zero-order valence-corrected chi connectivity index (χ0v) is 11.2. The third-order valence-electron chi connectivity index (χ3n) is 2.03. The Labute approximate surface area is 112 Å². The third-order valence-corrected chi connectivity index (χ3v) is 2.72. The van der Waals surface area contributed by atoms with Crippen LogP contribution in [0.1, 0.15) is 16.8 Å². The lowest BCUT2D eigenvalue weighted by Gasteiger charge is -2.07. The Kier molecular flexibility index (Phi) is 5.73. The molecule has 0 aromatic heterocycles. The number of nitrogens with one attached hydrogen (secondary N) is 2. The van der Waals surface area contributed by atoms with Gasteiger partial charge in [-0.3, -0.25) is 14.4 Å². The number of carbonyl (C=O) groups is 2. The van der Waals surface area contributed by atoms with E-state index in [-0.39, 0.29) is 24.4 Å². The van der Waals surface area contributed by atoms with Gasteiger partial charge in [-0.15, -0.1) is 0 Å². The highest BCUT2D eigenvalue weighted by atomic mass is 79.9. The maximum Gasteiger partial charge on any atom is 0.252 e. The summed E-state index contributed by atoms with van der Waals surface area (Å²) in [7, 11) is 1.32. The summed E-state index contributed by atoms with van der Waals surface area (Å²) in [6.07, 6.45) is 0.0759. The third kappa shape index (κ3) is 4.42. The SMILES string of the molecule is CONC(=O)CCNC(=O)c1cc(F)ccc1Br. The Morgan fingerprint density at radius 3 is 2.83 bits per heavy atom. The van der Waals surface area contributed by atoms with Crippen molar-refractivity contribution in [2.75, 3.05) is 13.7 Å². The quantitative estimate of drug-likeness (QED) is 0.806. The molecule has 0 fully saturated rings. The van der Waals surface area contributed by atoms with Crippen molar-refractivity contribution in [3.8, 4) is 0 Å². The van der Waals surface area contributed by atoms with E-state index >= 15 is 0 Å². The van der Waals surface area contributed by atoms with Gasteiger partial charge < -0.3 is 5.32 Å². The molecule has 1 aromatic carbocycles. The molecule has 18 heavy (non-hydrogen) atoms. The lowest BCUT2D eigenvalue weighted by molar-refractivity contribution is -0.131. The van der Waals surface area contributed by atoms with E-state index in [2.05, 4.69) is 31.6 Å². The van der Waals surface area contributed by atoms with Crippen LogP contribution >= 0.6 is 15.9 Å². The first-order valence-corrected chi connectivity index (χ1v) is 5.89. The molecule has 0 spiro atoms. The average molecular weight is 319 g/mol. The summed E-state index contributed by atoms with van der Waals surface area (Å²) in [6.45, 7) is 0.136. The van der Waals surface area contributed by atoms with Gasteiger partial charge in [0.15, 0.2) is 0 Å². The van der Waals surface area contributed by atoms with E-state index in [1.807, 2.05) is 0 Å². The second kappa shape index (κ2) is 7.07. The minimum atomic E-state index is -0.500. The Bertz CT molecular complexity index is 454. The molecule has 1 rings (SSSR count). The molecule has 2 amide bonds. The number of carbonyl (C=O) groups excluding carboxylic acids is 2. The average Bonchev–Trinajstić information content (AvgIpc) is 2.32. The molecule has 7 heteroatoms. The highest BCUT2D eigenvalue weighted by Crippen LogP contribution is 2.17. The fourth-order valence-corrected chi connectivity index (χ4v) is 1.65. The molecule has 0 radical (unpaired) electrons. The van der Waals surface area contributed by atoms with Gasteiger partial charge in [0.1, 0.15) is 5.82 Å². The van der Waals surface area contributed by atoms with Crippen molar-refractivity contribution < 1.29 is 18.8 Å². The Morgan fingerprint density at radius 1 is 1.44 bits per heavy atom. The Balaban J connectivity index is 2.50. The number of hydroxylamine groups is 1. The van der Waals surface area contributed by atoms with Crippen LogP contribution in [-0.4, -0.2) is 25.5 Å². The van der Waals surface area contributed by atoms with Crippen molar-refractivity contribution >= 4 is 27.7 Å². The molecule has 2 N–H and O–H groups in total.